The lowest BCUT2D eigenvalue weighted by atomic mass is 10.3. The summed E-state index contributed by atoms with van der Waals surface area (Å²) in [5.74, 6) is -4.53. The fourth-order valence-corrected chi connectivity index (χ4v) is 1.28. The highest BCUT2D eigenvalue weighted by atomic mass is 19.2. The van der Waals surface area contributed by atoms with Crippen LogP contribution in [-0.2, 0) is 14.3 Å². The van der Waals surface area contributed by atoms with Crippen LogP contribution in [0.1, 0.15) is 6.92 Å². The molecule has 0 fully saturated rings. The number of halogens is 3. The Kier molecular flexibility index (Phi) is 6.14. The second-order valence-electron chi connectivity index (χ2n) is 3.54. The monoisotopic (exact) mass is 277 g/mol. The Morgan fingerprint density at radius 3 is 2.47 bits per heavy atom. The summed E-state index contributed by atoms with van der Waals surface area (Å²) < 4.78 is 48.0. The van der Waals surface area contributed by atoms with Crippen LogP contribution >= 0.6 is 0 Å². The van der Waals surface area contributed by atoms with Crippen molar-refractivity contribution in [1.82, 2.24) is 0 Å². The van der Waals surface area contributed by atoms with Crippen LogP contribution in [0.15, 0.2) is 12.1 Å². The third-order valence-electron chi connectivity index (χ3n) is 2.08. The molecule has 1 aromatic rings. The van der Waals surface area contributed by atoms with Crippen LogP contribution < -0.4 is 5.32 Å². The van der Waals surface area contributed by atoms with E-state index in [1.54, 1.807) is 6.92 Å². The first kappa shape index (κ1) is 15.3. The van der Waals surface area contributed by atoms with E-state index in [0.29, 0.717) is 0 Å². The molecule has 0 atom stereocenters. The van der Waals surface area contributed by atoms with Gasteiger partial charge in [0.2, 0.25) is 0 Å². The minimum atomic E-state index is -1.51. The molecule has 1 aromatic carbocycles. The minimum absolute atomic E-state index is 0.0936. The van der Waals surface area contributed by atoms with Crippen molar-refractivity contribution in [3.8, 4) is 0 Å². The summed E-state index contributed by atoms with van der Waals surface area (Å²) in [6.45, 7) is 2.11. The van der Waals surface area contributed by atoms with Crippen LogP contribution in [0.3, 0.4) is 0 Å². The maximum Gasteiger partial charge on any atom is 0.332 e. The molecule has 0 heterocycles. The topological polar surface area (TPSA) is 47.6 Å². The zero-order valence-electron chi connectivity index (χ0n) is 10.3. The van der Waals surface area contributed by atoms with Gasteiger partial charge in [-0.05, 0) is 6.92 Å². The van der Waals surface area contributed by atoms with Gasteiger partial charge in [-0.15, -0.1) is 0 Å². The van der Waals surface area contributed by atoms with Gasteiger partial charge in [0.25, 0.3) is 0 Å². The Morgan fingerprint density at radius 1 is 1.26 bits per heavy atom. The van der Waals surface area contributed by atoms with Gasteiger partial charge in [0, 0.05) is 24.4 Å². The SMILES string of the molecule is CCOC(=O)COCCNc1cc(F)c(F)c(F)c1. The number of anilines is 1. The van der Waals surface area contributed by atoms with Crippen molar-refractivity contribution in [2.45, 2.75) is 6.92 Å². The predicted molar refractivity (Wildman–Crippen MR) is 62.3 cm³/mol. The Hall–Kier alpha value is -1.76. The lowest BCUT2D eigenvalue weighted by Gasteiger charge is -2.08. The summed E-state index contributed by atoms with van der Waals surface area (Å²) in [7, 11) is 0. The molecule has 0 spiro atoms. The Balaban J connectivity index is 2.28. The van der Waals surface area contributed by atoms with E-state index < -0.39 is 23.4 Å². The van der Waals surface area contributed by atoms with Gasteiger partial charge >= 0.3 is 5.97 Å². The molecule has 0 unspecified atom stereocenters. The van der Waals surface area contributed by atoms with Crippen LogP contribution in [0.5, 0.6) is 0 Å². The third-order valence-corrected chi connectivity index (χ3v) is 2.08. The summed E-state index contributed by atoms with van der Waals surface area (Å²) >= 11 is 0. The molecule has 106 valence electrons. The zero-order valence-corrected chi connectivity index (χ0v) is 10.3. The predicted octanol–water partition coefficient (Wildman–Crippen LogP) is 2.10. The van der Waals surface area contributed by atoms with Crippen molar-refractivity contribution in [3.63, 3.8) is 0 Å². The average molecular weight is 277 g/mol. The fourth-order valence-electron chi connectivity index (χ4n) is 1.28. The number of hydrogen-bond acceptors (Lipinski definition) is 4. The fraction of sp³-hybridized carbons (Fsp3) is 0.417. The van der Waals surface area contributed by atoms with Gasteiger partial charge in [-0.2, -0.15) is 0 Å². The summed E-state index contributed by atoms with van der Waals surface area (Å²) in [6.07, 6.45) is 0. The van der Waals surface area contributed by atoms with Crippen molar-refractivity contribution in [2.75, 3.05) is 31.7 Å². The first-order valence-corrected chi connectivity index (χ1v) is 5.66. The number of rotatable bonds is 7. The Bertz CT molecular complexity index is 417. The molecule has 0 aliphatic heterocycles. The molecule has 1 N–H and O–H groups in total. The maximum absolute atomic E-state index is 12.9. The minimum Gasteiger partial charge on any atom is -0.464 e. The largest absolute Gasteiger partial charge is 0.464 e. The molecule has 0 saturated carbocycles. The molecule has 4 nitrogen and oxygen atoms in total. The van der Waals surface area contributed by atoms with Crippen LogP contribution in [0.4, 0.5) is 18.9 Å². The first-order valence-electron chi connectivity index (χ1n) is 5.66. The number of hydrogen-bond donors (Lipinski definition) is 1. The highest BCUT2D eigenvalue weighted by molar-refractivity contribution is 5.70. The van der Waals surface area contributed by atoms with E-state index >= 15 is 0 Å². The van der Waals surface area contributed by atoms with Crippen molar-refractivity contribution < 1.29 is 27.4 Å². The second-order valence-corrected chi connectivity index (χ2v) is 3.54. The van der Waals surface area contributed by atoms with E-state index in [2.05, 4.69) is 10.1 Å². The highest BCUT2D eigenvalue weighted by Gasteiger charge is 2.10. The molecular weight excluding hydrogens is 263 g/mol. The lowest BCUT2D eigenvalue weighted by Crippen LogP contribution is -2.16. The summed E-state index contributed by atoms with van der Waals surface area (Å²) in [4.78, 5) is 10.9. The van der Waals surface area contributed by atoms with Gasteiger partial charge < -0.3 is 14.8 Å². The van der Waals surface area contributed by atoms with Gasteiger partial charge in [0.1, 0.15) is 6.61 Å². The van der Waals surface area contributed by atoms with Crippen LogP contribution in [-0.4, -0.2) is 32.3 Å². The standard InChI is InChI=1S/C12H14F3NO3/c1-2-19-11(17)7-18-4-3-16-8-5-9(13)12(15)10(14)6-8/h5-6,16H,2-4,7H2,1H3. The number of nitrogens with one attached hydrogen (secondary N) is 1. The highest BCUT2D eigenvalue weighted by Crippen LogP contribution is 2.16. The molecule has 0 amide bonds. The molecule has 0 bridgehead atoms. The Morgan fingerprint density at radius 2 is 1.89 bits per heavy atom. The zero-order chi connectivity index (χ0) is 14.3. The van der Waals surface area contributed by atoms with Gasteiger partial charge in [-0.1, -0.05) is 0 Å². The molecular formula is C12H14F3NO3. The molecule has 0 aromatic heterocycles. The molecule has 0 radical (unpaired) electrons. The van der Waals surface area contributed by atoms with E-state index in [9.17, 15) is 18.0 Å². The molecule has 0 saturated heterocycles. The van der Waals surface area contributed by atoms with E-state index in [4.69, 9.17) is 4.74 Å². The molecule has 7 heteroatoms. The third kappa shape index (κ3) is 5.17. The van der Waals surface area contributed by atoms with Gasteiger partial charge in [-0.3, -0.25) is 0 Å². The summed E-state index contributed by atoms with van der Waals surface area (Å²) in [6, 6.07) is 1.67. The summed E-state index contributed by atoms with van der Waals surface area (Å²) in [5.41, 5.74) is 0.0936. The van der Waals surface area contributed by atoms with Crippen LogP contribution in [0.2, 0.25) is 0 Å². The van der Waals surface area contributed by atoms with Crippen molar-refractivity contribution in [1.29, 1.82) is 0 Å². The molecule has 19 heavy (non-hydrogen) atoms. The average Bonchev–Trinajstić information content (AvgIpc) is 2.35. The maximum atomic E-state index is 12.9. The van der Waals surface area contributed by atoms with E-state index in [-0.39, 0.29) is 32.1 Å². The van der Waals surface area contributed by atoms with Crippen LogP contribution in [0, 0.1) is 17.5 Å². The Labute approximate surface area is 108 Å². The lowest BCUT2D eigenvalue weighted by molar-refractivity contribution is -0.148. The quantitative estimate of drug-likeness (QED) is 0.471. The normalized spacial score (nSPS) is 10.3. The number of benzene rings is 1. The van der Waals surface area contributed by atoms with Crippen LogP contribution in [0.25, 0.3) is 0 Å². The van der Waals surface area contributed by atoms with E-state index in [0.717, 1.165) is 12.1 Å². The van der Waals surface area contributed by atoms with Gasteiger partial charge in [0.05, 0.1) is 13.2 Å². The molecule has 1 rings (SSSR count). The van der Waals surface area contributed by atoms with Gasteiger partial charge in [-0.25, -0.2) is 18.0 Å². The number of carbonyl (C=O) groups is 1. The van der Waals surface area contributed by atoms with E-state index in [1.165, 1.54) is 0 Å². The molecule has 0 aliphatic carbocycles. The van der Waals surface area contributed by atoms with Crippen molar-refractivity contribution >= 4 is 11.7 Å². The van der Waals surface area contributed by atoms with Crippen molar-refractivity contribution in [2.24, 2.45) is 0 Å². The number of carbonyl (C=O) groups excluding carboxylic acids is 1. The smallest absolute Gasteiger partial charge is 0.332 e. The number of ether oxygens (including phenoxy) is 2. The second kappa shape index (κ2) is 7.63. The summed E-state index contributed by atoms with van der Waals surface area (Å²) in [5, 5.41) is 2.64. The molecule has 0 aliphatic rings. The van der Waals surface area contributed by atoms with Crippen molar-refractivity contribution in [3.05, 3.63) is 29.6 Å². The van der Waals surface area contributed by atoms with E-state index in [1.807, 2.05) is 0 Å². The number of esters is 1. The first-order chi connectivity index (χ1) is 9.04. The van der Waals surface area contributed by atoms with Gasteiger partial charge in [0.15, 0.2) is 17.5 Å².